The maximum Gasteiger partial charge on any atom is 0.407 e. The van der Waals surface area contributed by atoms with Crippen LogP contribution in [0.25, 0.3) is 0 Å². The summed E-state index contributed by atoms with van der Waals surface area (Å²) in [5.74, 6) is -0.919. The second-order valence-electron chi connectivity index (χ2n) is 7.94. The smallest absolute Gasteiger partial charge is 0.407 e. The van der Waals surface area contributed by atoms with Crippen molar-refractivity contribution >= 4 is 17.9 Å². The molecule has 26 heavy (non-hydrogen) atoms. The SMILES string of the molecule is CC(C)(C)OC(=O)NCCCC[C@H](N)C(=O)NC1CCCCC1C(N)=O. The maximum absolute atomic E-state index is 12.2. The van der Waals surface area contributed by atoms with Crippen molar-refractivity contribution in [3.8, 4) is 0 Å². The molecule has 1 aliphatic rings. The third kappa shape index (κ3) is 8.51. The predicted octanol–water partition coefficient (Wildman–Crippen LogP) is 1.17. The van der Waals surface area contributed by atoms with Gasteiger partial charge in [-0.15, -0.1) is 0 Å². The molecule has 0 aromatic heterocycles. The van der Waals surface area contributed by atoms with Crippen LogP contribution < -0.4 is 22.1 Å². The summed E-state index contributed by atoms with van der Waals surface area (Å²) >= 11 is 0. The number of amides is 3. The maximum atomic E-state index is 12.2. The van der Waals surface area contributed by atoms with Crippen molar-refractivity contribution in [2.45, 2.75) is 83.4 Å². The third-order valence-corrected chi connectivity index (χ3v) is 4.41. The van der Waals surface area contributed by atoms with E-state index in [1.807, 2.05) is 0 Å². The molecule has 1 fully saturated rings. The summed E-state index contributed by atoms with van der Waals surface area (Å²) in [6.45, 7) is 5.88. The van der Waals surface area contributed by atoms with Gasteiger partial charge in [-0.25, -0.2) is 4.79 Å². The molecule has 0 heterocycles. The lowest BCUT2D eigenvalue weighted by molar-refractivity contribution is -0.126. The largest absolute Gasteiger partial charge is 0.444 e. The van der Waals surface area contributed by atoms with E-state index in [1.165, 1.54) is 0 Å². The highest BCUT2D eigenvalue weighted by Gasteiger charge is 2.31. The first-order valence-electron chi connectivity index (χ1n) is 9.42. The van der Waals surface area contributed by atoms with E-state index in [0.717, 1.165) is 19.3 Å². The van der Waals surface area contributed by atoms with Gasteiger partial charge < -0.3 is 26.8 Å². The van der Waals surface area contributed by atoms with Crippen LogP contribution in [0.2, 0.25) is 0 Å². The summed E-state index contributed by atoms with van der Waals surface area (Å²) in [6.07, 6.45) is 4.86. The molecule has 0 aromatic rings. The minimum absolute atomic E-state index is 0.214. The average molecular weight is 370 g/mol. The number of ether oxygens (including phenoxy) is 1. The Labute approximate surface area is 155 Å². The second-order valence-corrected chi connectivity index (χ2v) is 7.94. The molecule has 6 N–H and O–H groups in total. The van der Waals surface area contributed by atoms with Crippen LogP contribution in [0.15, 0.2) is 0 Å². The van der Waals surface area contributed by atoms with Crippen molar-refractivity contribution < 1.29 is 19.1 Å². The molecule has 3 amide bonds. The van der Waals surface area contributed by atoms with E-state index in [1.54, 1.807) is 20.8 Å². The van der Waals surface area contributed by atoms with Gasteiger partial charge in [0.2, 0.25) is 11.8 Å². The topological polar surface area (TPSA) is 137 Å². The van der Waals surface area contributed by atoms with E-state index in [9.17, 15) is 14.4 Å². The molecular formula is C18H34N4O4. The van der Waals surface area contributed by atoms with Gasteiger partial charge in [-0.05, 0) is 52.9 Å². The van der Waals surface area contributed by atoms with Crippen LogP contribution in [0, 0.1) is 5.92 Å². The summed E-state index contributed by atoms with van der Waals surface area (Å²) in [4.78, 5) is 35.2. The highest BCUT2D eigenvalue weighted by atomic mass is 16.6. The van der Waals surface area contributed by atoms with Gasteiger partial charge in [-0.1, -0.05) is 12.8 Å². The van der Waals surface area contributed by atoms with Crippen LogP contribution in [0.1, 0.15) is 65.7 Å². The summed E-state index contributed by atoms with van der Waals surface area (Å²) in [6, 6.07) is -0.847. The molecule has 0 spiro atoms. The minimum atomic E-state index is -0.632. The molecule has 0 aromatic carbocycles. The Balaban J connectivity index is 2.24. The molecule has 8 nitrogen and oxygen atoms in total. The standard InChI is InChI=1S/C18H34N4O4/c1-18(2,3)26-17(25)21-11-7-6-9-13(19)16(24)22-14-10-5-4-8-12(14)15(20)23/h12-14H,4-11,19H2,1-3H3,(H2,20,23)(H,21,25)(H,22,24)/t12?,13-,14?/m0/s1. The lowest BCUT2D eigenvalue weighted by atomic mass is 9.84. The zero-order chi connectivity index (χ0) is 19.7. The van der Waals surface area contributed by atoms with E-state index in [4.69, 9.17) is 16.2 Å². The molecule has 8 heteroatoms. The van der Waals surface area contributed by atoms with Crippen molar-refractivity contribution in [1.82, 2.24) is 10.6 Å². The monoisotopic (exact) mass is 370 g/mol. The van der Waals surface area contributed by atoms with Crippen LogP contribution >= 0.6 is 0 Å². The molecule has 0 bridgehead atoms. The highest BCUT2D eigenvalue weighted by molar-refractivity contribution is 5.83. The Morgan fingerprint density at radius 3 is 2.42 bits per heavy atom. The second kappa shape index (κ2) is 10.4. The first-order valence-corrected chi connectivity index (χ1v) is 9.42. The number of carbonyl (C=O) groups is 3. The van der Waals surface area contributed by atoms with E-state index in [0.29, 0.717) is 32.2 Å². The Morgan fingerprint density at radius 2 is 1.81 bits per heavy atom. The number of alkyl carbamates (subject to hydrolysis) is 1. The molecule has 3 atom stereocenters. The van der Waals surface area contributed by atoms with E-state index in [2.05, 4.69) is 10.6 Å². The van der Waals surface area contributed by atoms with Crippen LogP contribution in [-0.4, -0.2) is 42.1 Å². The Hall–Kier alpha value is -1.83. The fourth-order valence-corrected chi connectivity index (χ4v) is 3.06. The quantitative estimate of drug-likeness (QED) is 0.475. The molecule has 0 saturated heterocycles. The van der Waals surface area contributed by atoms with Crippen molar-refractivity contribution in [3.63, 3.8) is 0 Å². The average Bonchev–Trinajstić information content (AvgIpc) is 2.52. The molecule has 150 valence electrons. The van der Waals surface area contributed by atoms with E-state index in [-0.39, 0.29) is 23.8 Å². The van der Waals surface area contributed by atoms with Gasteiger partial charge in [0.15, 0.2) is 0 Å². The Kier molecular flexibility index (Phi) is 8.84. The summed E-state index contributed by atoms with van der Waals surface area (Å²) in [5.41, 5.74) is 10.8. The summed E-state index contributed by atoms with van der Waals surface area (Å²) < 4.78 is 5.14. The zero-order valence-electron chi connectivity index (χ0n) is 16.2. The molecule has 0 aliphatic heterocycles. The van der Waals surface area contributed by atoms with E-state index >= 15 is 0 Å². The van der Waals surface area contributed by atoms with Crippen LogP contribution in [0.5, 0.6) is 0 Å². The lowest BCUT2D eigenvalue weighted by Crippen LogP contribution is -2.51. The third-order valence-electron chi connectivity index (χ3n) is 4.41. The molecule has 2 unspecified atom stereocenters. The summed E-state index contributed by atoms with van der Waals surface area (Å²) in [5, 5.41) is 5.55. The van der Waals surface area contributed by atoms with Gasteiger partial charge >= 0.3 is 6.09 Å². The van der Waals surface area contributed by atoms with Crippen LogP contribution in [0.3, 0.4) is 0 Å². The number of rotatable bonds is 8. The molecular weight excluding hydrogens is 336 g/mol. The van der Waals surface area contributed by atoms with Crippen molar-refractivity contribution in [1.29, 1.82) is 0 Å². The molecule has 0 radical (unpaired) electrons. The molecule has 1 rings (SSSR count). The van der Waals surface area contributed by atoms with Crippen molar-refractivity contribution in [2.75, 3.05) is 6.54 Å². The van der Waals surface area contributed by atoms with Crippen LogP contribution in [-0.2, 0) is 14.3 Å². The predicted molar refractivity (Wildman–Crippen MR) is 99.1 cm³/mol. The zero-order valence-corrected chi connectivity index (χ0v) is 16.2. The number of unbranched alkanes of at least 4 members (excludes halogenated alkanes) is 1. The summed E-state index contributed by atoms with van der Waals surface area (Å²) in [7, 11) is 0. The number of primary amides is 1. The number of hydrogen-bond acceptors (Lipinski definition) is 5. The highest BCUT2D eigenvalue weighted by Crippen LogP contribution is 2.24. The minimum Gasteiger partial charge on any atom is -0.444 e. The molecule has 1 aliphatic carbocycles. The van der Waals surface area contributed by atoms with E-state index < -0.39 is 17.7 Å². The van der Waals surface area contributed by atoms with Gasteiger partial charge in [-0.2, -0.15) is 0 Å². The first kappa shape index (κ1) is 22.2. The van der Waals surface area contributed by atoms with Gasteiger partial charge in [-0.3, -0.25) is 9.59 Å². The van der Waals surface area contributed by atoms with Crippen molar-refractivity contribution in [3.05, 3.63) is 0 Å². The molecule has 1 saturated carbocycles. The normalized spacial score (nSPS) is 21.5. The number of carbonyl (C=O) groups excluding carboxylic acids is 3. The first-order chi connectivity index (χ1) is 12.1. The lowest BCUT2D eigenvalue weighted by Gasteiger charge is -2.30. The Bertz CT molecular complexity index is 490. The number of nitrogens with one attached hydrogen (secondary N) is 2. The van der Waals surface area contributed by atoms with Gasteiger partial charge in [0.05, 0.1) is 12.0 Å². The number of hydrogen-bond donors (Lipinski definition) is 4. The van der Waals surface area contributed by atoms with Gasteiger partial charge in [0.25, 0.3) is 0 Å². The van der Waals surface area contributed by atoms with Gasteiger partial charge in [0, 0.05) is 12.6 Å². The van der Waals surface area contributed by atoms with Crippen LogP contribution in [0.4, 0.5) is 4.79 Å². The Morgan fingerprint density at radius 1 is 1.15 bits per heavy atom. The fraction of sp³-hybridized carbons (Fsp3) is 0.833. The fourth-order valence-electron chi connectivity index (χ4n) is 3.06. The van der Waals surface area contributed by atoms with Crippen molar-refractivity contribution in [2.24, 2.45) is 17.4 Å². The van der Waals surface area contributed by atoms with Gasteiger partial charge in [0.1, 0.15) is 5.60 Å². The number of nitrogens with two attached hydrogens (primary N) is 2.